The molecular weight excluding hydrogens is 290 g/mol. The van der Waals surface area contributed by atoms with Crippen molar-refractivity contribution in [3.63, 3.8) is 0 Å². The number of anilines is 2. The molecule has 1 saturated heterocycles. The molecule has 0 aromatic heterocycles. The van der Waals surface area contributed by atoms with Crippen molar-refractivity contribution in [2.75, 3.05) is 16.8 Å². The third-order valence-electron chi connectivity index (χ3n) is 3.92. The molecule has 1 heterocycles. The van der Waals surface area contributed by atoms with Gasteiger partial charge in [-0.2, -0.15) is 0 Å². The van der Waals surface area contributed by atoms with Crippen LogP contribution in [0.2, 0.25) is 0 Å². The van der Waals surface area contributed by atoms with Crippen LogP contribution in [0.5, 0.6) is 0 Å². The molecule has 23 heavy (non-hydrogen) atoms. The van der Waals surface area contributed by atoms with E-state index in [2.05, 4.69) is 10.6 Å². The topological polar surface area (TPSA) is 61.4 Å². The molecule has 1 atom stereocenters. The molecule has 1 aliphatic heterocycles. The predicted molar refractivity (Wildman–Crippen MR) is 90.5 cm³/mol. The number of rotatable bonds is 3. The highest BCUT2D eigenvalue weighted by Crippen LogP contribution is 2.21. The highest BCUT2D eigenvalue weighted by Gasteiger charge is 2.31. The number of hydrogen-bond acceptors (Lipinski definition) is 2. The lowest BCUT2D eigenvalue weighted by Crippen LogP contribution is -2.39. The Labute approximate surface area is 135 Å². The van der Waals surface area contributed by atoms with E-state index in [0.717, 1.165) is 16.9 Å². The number of carbonyl (C=O) groups excluding carboxylic acids is 2. The van der Waals surface area contributed by atoms with Gasteiger partial charge in [-0.3, -0.25) is 4.79 Å². The minimum Gasteiger partial charge on any atom is -0.333 e. The van der Waals surface area contributed by atoms with E-state index in [0.29, 0.717) is 13.0 Å². The van der Waals surface area contributed by atoms with Crippen molar-refractivity contribution in [2.24, 2.45) is 0 Å². The molecule has 1 fully saturated rings. The fourth-order valence-corrected chi connectivity index (χ4v) is 2.72. The van der Waals surface area contributed by atoms with Crippen LogP contribution in [0.3, 0.4) is 0 Å². The maximum absolute atomic E-state index is 12.1. The Morgan fingerprint density at radius 3 is 2.52 bits per heavy atom. The zero-order valence-corrected chi connectivity index (χ0v) is 13.0. The molecule has 3 amide bonds. The molecule has 5 heteroatoms. The number of carbonyl (C=O) groups is 2. The molecule has 118 valence electrons. The summed E-state index contributed by atoms with van der Waals surface area (Å²) < 4.78 is 0. The third-order valence-corrected chi connectivity index (χ3v) is 3.92. The van der Waals surface area contributed by atoms with Gasteiger partial charge in [0.15, 0.2) is 0 Å². The van der Waals surface area contributed by atoms with E-state index in [9.17, 15) is 9.59 Å². The Balaban J connectivity index is 1.60. The minimum atomic E-state index is -0.285. The lowest BCUT2D eigenvalue weighted by Gasteiger charge is -2.17. The first kappa shape index (κ1) is 15.1. The normalized spacial score (nSPS) is 17.2. The summed E-state index contributed by atoms with van der Waals surface area (Å²) in [5, 5.41) is 5.70. The Bertz CT molecular complexity index is 715. The maximum Gasteiger partial charge on any atom is 0.319 e. The number of aryl methyl sites for hydroxylation is 1. The molecule has 2 N–H and O–H groups in total. The second-order valence-corrected chi connectivity index (χ2v) is 5.65. The first-order valence-corrected chi connectivity index (χ1v) is 7.62. The van der Waals surface area contributed by atoms with Gasteiger partial charge in [-0.05, 0) is 30.7 Å². The summed E-state index contributed by atoms with van der Waals surface area (Å²) >= 11 is 0. The van der Waals surface area contributed by atoms with Crippen molar-refractivity contribution in [3.8, 4) is 0 Å². The van der Waals surface area contributed by atoms with E-state index in [1.165, 1.54) is 0 Å². The van der Waals surface area contributed by atoms with Crippen molar-refractivity contribution >= 4 is 23.3 Å². The largest absolute Gasteiger partial charge is 0.333 e. The van der Waals surface area contributed by atoms with Crippen LogP contribution in [-0.4, -0.2) is 24.5 Å². The molecular formula is C18H19N3O2. The van der Waals surface area contributed by atoms with E-state index < -0.39 is 0 Å². The summed E-state index contributed by atoms with van der Waals surface area (Å²) in [7, 11) is 0. The summed E-state index contributed by atoms with van der Waals surface area (Å²) in [6, 6.07) is 16.6. The van der Waals surface area contributed by atoms with E-state index in [4.69, 9.17) is 0 Å². The van der Waals surface area contributed by atoms with Gasteiger partial charge < -0.3 is 15.5 Å². The Hall–Kier alpha value is -2.82. The van der Waals surface area contributed by atoms with Gasteiger partial charge in [0, 0.05) is 24.3 Å². The van der Waals surface area contributed by atoms with Crippen LogP contribution in [-0.2, 0) is 4.79 Å². The van der Waals surface area contributed by atoms with Gasteiger partial charge in [0.25, 0.3) is 0 Å². The van der Waals surface area contributed by atoms with Gasteiger partial charge in [-0.15, -0.1) is 0 Å². The van der Waals surface area contributed by atoms with Crippen molar-refractivity contribution in [1.29, 1.82) is 0 Å². The first-order valence-electron chi connectivity index (χ1n) is 7.62. The summed E-state index contributed by atoms with van der Waals surface area (Å²) in [5.74, 6) is 0.0254. The molecule has 0 spiro atoms. The van der Waals surface area contributed by atoms with Gasteiger partial charge in [0.05, 0.1) is 6.04 Å². The van der Waals surface area contributed by atoms with E-state index in [1.807, 2.05) is 61.5 Å². The lowest BCUT2D eigenvalue weighted by molar-refractivity contribution is -0.117. The molecule has 2 aromatic rings. The Kier molecular flexibility index (Phi) is 4.28. The second-order valence-electron chi connectivity index (χ2n) is 5.65. The number of hydrogen-bond donors (Lipinski definition) is 2. The molecule has 1 aliphatic rings. The van der Waals surface area contributed by atoms with E-state index in [1.54, 1.807) is 4.90 Å². The second kappa shape index (κ2) is 6.52. The van der Waals surface area contributed by atoms with Crippen LogP contribution in [0.15, 0.2) is 54.6 Å². The molecule has 0 radical (unpaired) electrons. The molecule has 0 aliphatic carbocycles. The zero-order chi connectivity index (χ0) is 16.2. The molecule has 2 aromatic carbocycles. The summed E-state index contributed by atoms with van der Waals surface area (Å²) in [4.78, 5) is 26.0. The molecule has 5 nitrogen and oxygen atoms in total. The standard InChI is InChI=1S/C18H19N3O2/c1-13-7-5-6-10-16(13)20-18(23)19-14-11-17(22)21(12-14)15-8-3-2-4-9-15/h2-10,14H,11-12H2,1H3,(H2,19,20,23)/t14-/m0/s1. The number of amides is 3. The summed E-state index contributed by atoms with van der Waals surface area (Å²) in [5.41, 5.74) is 2.63. The van der Waals surface area contributed by atoms with Crippen LogP contribution < -0.4 is 15.5 Å². The van der Waals surface area contributed by atoms with Crippen molar-refractivity contribution < 1.29 is 9.59 Å². The highest BCUT2D eigenvalue weighted by molar-refractivity contribution is 5.97. The summed E-state index contributed by atoms with van der Waals surface area (Å²) in [6.07, 6.45) is 0.316. The van der Waals surface area contributed by atoms with Crippen molar-refractivity contribution in [1.82, 2.24) is 5.32 Å². The van der Waals surface area contributed by atoms with E-state index in [-0.39, 0.29) is 18.0 Å². The number of benzene rings is 2. The molecule has 3 rings (SSSR count). The molecule has 0 saturated carbocycles. The SMILES string of the molecule is Cc1ccccc1NC(=O)N[C@H]1CC(=O)N(c2ccccc2)C1. The number of urea groups is 1. The van der Waals surface area contributed by atoms with Gasteiger partial charge in [-0.25, -0.2) is 4.79 Å². The van der Waals surface area contributed by atoms with Crippen LogP contribution in [0.1, 0.15) is 12.0 Å². The van der Waals surface area contributed by atoms with Crippen LogP contribution in [0, 0.1) is 6.92 Å². The average Bonchev–Trinajstić information content (AvgIpc) is 2.91. The molecule has 0 bridgehead atoms. The monoisotopic (exact) mass is 309 g/mol. The van der Waals surface area contributed by atoms with Gasteiger partial charge in [0.2, 0.25) is 5.91 Å². The van der Waals surface area contributed by atoms with Crippen molar-refractivity contribution in [3.05, 3.63) is 60.2 Å². The van der Waals surface area contributed by atoms with Gasteiger partial charge in [0.1, 0.15) is 0 Å². The lowest BCUT2D eigenvalue weighted by atomic mass is 10.2. The number of nitrogens with one attached hydrogen (secondary N) is 2. The van der Waals surface area contributed by atoms with Gasteiger partial charge >= 0.3 is 6.03 Å². The quantitative estimate of drug-likeness (QED) is 0.916. The zero-order valence-electron chi connectivity index (χ0n) is 13.0. The van der Waals surface area contributed by atoms with Gasteiger partial charge in [-0.1, -0.05) is 36.4 Å². The van der Waals surface area contributed by atoms with Crippen LogP contribution >= 0.6 is 0 Å². The average molecular weight is 309 g/mol. The Morgan fingerprint density at radius 1 is 1.09 bits per heavy atom. The fraction of sp³-hybridized carbons (Fsp3) is 0.222. The summed E-state index contributed by atoms with van der Waals surface area (Å²) in [6.45, 7) is 2.43. The van der Waals surface area contributed by atoms with Crippen LogP contribution in [0.4, 0.5) is 16.2 Å². The fourth-order valence-electron chi connectivity index (χ4n) is 2.72. The number of para-hydroxylation sites is 2. The van der Waals surface area contributed by atoms with Crippen LogP contribution in [0.25, 0.3) is 0 Å². The maximum atomic E-state index is 12.1. The Morgan fingerprint density at radius 2 is 1.78 bits per heavy atom. The van der Waals surface area contributed by atoms with Crippen molar-refractivity contribution in [2.45, 2.75) is 19.4 Å². The third kappa shape index (κ3) is 3.51. The minimum absolute atomic E-state index is 0.0254. The predicted octanol–water partition coefficient (Wildman–Crippen LogP) is 2.92. The highest BCUT2D eigenvalue weighted by atomic mass is 16.2. The number of nitrogens with zero attached hydrogens (tertiary/aromatic N) is 1. The smallest absolute Gasteiger partial charge is 0.319 e. The van der Waals surface area contributed by atoms with E-state index >= 15 is 0 Å². The first-order chi connectivity index (χ1) is 11.1. The molecule has 0 unspecified atom stereocenters.